The molecular weight excluding hydrogens is 275 g/mol. The van der Waals surface area contributed by atoms with Crippen molar-refractivity contribution in [3.05, 3.63) is 29.3 Å². The maximum atomic E-state index is 13.4. The van der Waals surface area contributed by atoms with Crippen molar-refractivity contribution in [2.45, 2.75) is 6.18 Å². The monoisotopic (exact) mass is 284 g/mol. The van der Waals surface area contributed by atoms with Gasteiger partial charge in [-0.15, -0.1) is 0 Å². The molecule has 0 saturated heterocycles. The number of Topliss-reactive ketones (excluding diaryl/α,β-unsaturated/α-hetero) is 1. The van der Waals surface area contributed by atoms with Crippen LogP contribution in [0.1, 0.15) is 10.4 Å². The highest BCUT2D eigenvalue weighted by Gasteiger charge is 2.28. The van der Waals surface area contributed by atoms with Crippen molar-refractivity contribution in [2.75, 3.05) is 20.3 Å². The Labute approximate surface area is 104 Å². The number of carbonyl (C=O) groups is 1. The average Bonchev–Trinajstić information content (AvgIpc) is 2.26. The topological polar surface area (TPSA) is 35.5 Å². The Hall–Kier alpha value is -1.70. The fourth-order valence-corrected chi connectivity index (χ4v) is 1.27. The first kappa shape index (κ1) is 15.4. The van der Waals surface area contributed by atoms with E-state index in [9.17, 15) is 26.7 Å². The van der Waals surface area contributed by atoms with Crippen molar-refractivity contribution < 1.29 is 36.2 Å². The molecule has 1 aromatic rings. The molecule has 3 nitrogen and oxygen atoms in total. The van der Waals surface area contributed by atoms with Gasteiger partial charge in [0.2, 0.25) is 0 Å². The van der Waals surface area contributed by atoms with Gasteiger partial charge in [0.15, 0.2) is 5.78 Å². The van der Waals surface area contributed by atoms with Gasteiger partial charge in [0, 0.05) is 12.1 Å². The van der Waals surface area contributed by atoms with Gasteiger partial charge in [-0.2, -0.15) is 13.2 Å². The van der Waals surface area contributed by atoms with E-state index in [2.05, 4.69) is 9.47 Å². The van der Waals surface area contributed by atoms with E-state index in [-0.39, 0.29) is 5.75 Å². The first-order chi connectivity index (χ1) is 8.74. The van der Waals surface area contributed by atoms with Crippen molar-refractivity contribution in [3.8, 4) is 5.75 Å². The largest absolute Gasteiger partial charge is 0.497 e. The molecule has 8 heteroatoms. The molecule has 0 aliphatic carbocycles. The van der Waals surface area contributed by atoms with Gasteiger partial charge in [-0.3, -0.25) is 4.79 Å². The van der Waals surface area contributed by atoms with E-state index >= 15 is 0 Å². The van der Waals surface area contributed by atoms with Crippen LogP contribution in [0.15, 0.2) is 12.1 Å². The van der Waals surface area contributed by atoms with Crippen LogP contribution in [0.3, 0.4) is 0 Å². The number of ketones is 1. The molecule has 0 aliphatic rings. The maximum absolute atomic E-state index is 13.4. The van der Waals surface area contributed by atoms with Gasteiger partial charge in [-0.05, 0) is 0 Å². The molecule has 0 saturated carbocycles. The Bertz CT molecular complexity index is 447. The SMILES string of the molecule is COc1cc(F)c(C(=O)COCC(F)(F)F)c(F)c1. The molecule has 106 valence electrons. The van der Waals surface area contributed by atoms with Gasteiger partial charge in [0.1, 0.15) is 30.6 Å². The number of alkyl halides is 3. The molecule has 0 aromatic heterocycles. The fraction of sp³-hybridized carbons (Fsp3) is 0.364. The van der Waals surface area contributed by atoms with Crippen LogP contribution in [0, 0.1) is 11.6 Å². The third kappa shape index (κ3) is 4.47. The lowest BCUT2D eigenvalue weighted by molar-refractivity contribution is -0.170. The summed E-state index contributed by atoms with van der Waals surface area (Å²) < 4.78 is 70.7. The van der Waals surface area contributed by atoms with Crippen LogP contribution in [0.2, 0.25) is 0 Å². The summed E-state index contributed by atoms with van der Waals surface area (Å²) in [7, 11) is 1.17. The van der Waals surface area contributed by atoms with E-state index in [4.69, 9.17) is 0 Å². The normalized spacial score (nSPS) is 11.5. The first-order valence-corrected chi connectivity index (χ1v) is 4.95. The Balaban J connectivity index is 2.77. The molecule has 0 atom stereocenters. The second kappa shape index (κ2) is 5.96. The minimum Gasteiger partial charge on any atom is -0.497 e. The van der Waals surface area contributed by atoms with E-state index in [1.807, 2.05) is 0 Å². The third-order valence-electron chi connectivity index (χ3n) is 2.03. The first-order valence-electron chi connectivity index (χ1n) is 4.95. The van der Waals surface area contributed by atoms with E-state index < -0.39 is 42.4 Å². The summed E-state index contributed by atoms with van der Waals surface area (Å²) in [5.74, 6) is -3.82. The molecule has 0 spiro atoms. The minimum absolute atomic E-state index is 0.150. The smallest absolute Gasteiger partial charge is 0.411 e. The Kier molecular flexibility index (Phi) is 4.82. The lowest BCUT2D eigenvalue weighted by Gasteiger charge is -2.09. The second-order valence-corrected chi connectivity index (χ2v) is 3.50. The van der Waals surface area contributed by atoms with Crippen molar-refractivity contribution in [3.63, 3.8) is 0 Å². The Morgan fingerprint density at radius 3 is 2.16 bits per heavy atom. The quantitative estimate of drug-likeness (QED) is 0.616. The number of benzene rings is 1. The highest BCUT2D eigenvalue weighted by Crippen LogP contribution is 2.21. The van der Waals surface area contributed by atoms with Gasteiger partial charge in [0.25, 0.3) is 0 Å². The maximum Gasteiger partial charge on any atom is 0.411 e. The highest BCUT2D eigenvalue weighted by atomic mass is 19.4. The summed E-state index contributed by atoms with van der Waals surface area (Å²) in [6.07, 6.45) is -4.61. The van der Waals surface area contributed by atoms with Crippen LogP contribution in [0.4, 0.5) is 22.0 Å². The number of rotatable bonds is 5. The van der Waals surface area contributed by atoms with Crippen LogP contribution < -0.4 is 4.74 Å². The predicted molar refractivity (Wildman–Crippen MR) is 54.1 cm³/mol. The van der Waals surface area contributed by atoms with Crippen molar-refractivity contribution in [2.24, 2.45) is 0 Å². The molecule has 0 bridgehead atoms. The van der Waals surface area contributed by atoms with E-state index in [1.54, 1.807) is 0 Å². The van der Waals surface area contributed by atoms with Gasteiger partial charge in [-0.25, -0.2) is 8.78 Å². The molecule has 0 amide bonds. The number of ether oxygens (including phenoxy) is 2. The highest BCUT2D eigenvalue weighted by molar-refractivity contribution is 5.97. The van der Waals surface area contributed by atoms with Crippen LogP contribution >= 0.6 is 0 Å². The standard InChI is InChI=1S/C11H9F5O3/c1-18-6-2-7(12)10(8(13)3-6)9(17)4-19-5-11(14,15)16/h2-3H,4-5H2,1H3. The molecule has 1 rings (SSSR count). The molecular formula is C11H9F5O3. The van der Waals surface area contributed by atoms with Gasteiger partial charge in [0.05, 0.1) is 12.7 Å². The van der Waals surface area contributed by atoms with Gasteiger partial charge >= 0.3 is 6.18 Å². The summed E-state index contributed by atoms with van der Waals surface area (Å²) in [6, 6.07) is 1.50. The van der Waals surface area contributed by atoms with Gasteiger partial charge < -0.3 is 9.47 Å². The summed E-state index contributed by atoms with van der Waals surface area (Å²) in [4.78, 5) is 11.4. The van der Waals surface area contributed by atoms with E-state index in [0.717, 1.165) is 12.1 Å². The summed E-state index contributed by atoms with van der Waals surface area (Å²) >= 11 is 0. The van der Waals surface area contributed by atoms with Crippen LogP contribution in [-0.4, -0.2) is 32.3 Å². The van der Waals surface area contributed by atoms with E-state index in [1.165, 1.54) is 7.11 Å². The lowest BCUT2D eigenvalue weighted by Crippen LogP contribution is -2.21. The number of hydrogen-bond acceptors (Lipinski definition) is 3. The summed E-state index contributed by atoms with van der Waals surface area (Å²) in [5.41, 5.74) is -0.956. The zero-order valence-electron chi connectivity index (χ0n) is 9.68. The summed E-state index contributed by atoms with van der Waals surface area (Å²) in [5, 5.41) is 0. The van der Waals surface area contributed by atoms with Crippen molar-refractivity contribution in [1.82, 2.24) is 0 Å². The number of carbonyl (C=O) groups excluding carboxylic acids is 1. The average molecular weight is 284 g/mol. The van der Waals surface area contributed by atoms with Gasteiger partial charge in [-0.1, -0.05) is 0 Å². The molecule has 0 radical (unpaired) electrons. The Morgan fingerprint density at radius 2 is 1.74 bits per heavy atom. The van der Waals surface area contributed by atoms with Crippen LogP contribution in [0.5, 0.6) is 5.75 Å². The molecule has 19 heavy (non-hydrogen) atoms. The summed E-state index contributed by atoms with van der Waals surface area (Å²) in [6.45, 7) is -2.74. The number of hydrogen-bond donors (Lipinski definition) is 0. The molecule has 0 fully saturated rings. The van der Waals surface area contributed by atoms with Crippen LogP contribution in [0.25, 0.3) is 0 Å². The van der Waals surface area contributed by atoms with Crippen molar-refractivity contribution >= 4 is 5.78 Å². The molecule has 0 unspecified atom stereocenters. The van der Waals surface area contributed by atoms with E-state index in [0.29, 0.717) is 0 Å². The minimum atomic E-state index is -4.61. The molecule has 0 heterocycles. The molecule has 1 aromatic carbocycles. The second-order valence-electron chi connectivity index (χ2n) is 3.50. The van der Waals surface area contributed by atoms with Crippen LogP contribution in [-0.2, 0) is 4.74 Å². The number of methoxy groups -OCH3 is 1. The molecule has 0 N–H and O–H groups in total. The van der Waals surface area contributed by atoms with Crippen molar-refractivity contribution in [1.29, 1.82) is 0 Å². The third-order valence-corrected chi connectivity index (χ3v) is 2.03. The number of halogens is 5. The fourth-order valence-electron chi connectivity index (χ4n) is 1.27. The zero-order chi connectivity index (χ0) is 14.6. The molecule has 0 aliphatic heterocycles. The Morgan fingerprint density at radius 1 is 1.21 bits per heavy atom. The zero-order valence-corrected chi connectivity index (χ0v) is 9.68. The predicted octanol–water partition coefficient (Wildman–Crippen LogP) is 2.74. The lowest BCUT2D eigenvalue weighted by atomic mass is 10.1.